The minimum absolute atomic E-state index is 0.0101. The molecule has 3 rings (SSSR count). The predicted octanol–water partition coefficient (Wildman–Crippen LogP) is 3.14. The number of fused-ring (bicyclic) bond motifs is 1. The van der Waals surface area contributed by atoms with E-state index in [1.54, 1.807) is 36.4 Å². The number of hydrogen-bond donors (Lipinski definition) is 1. The average Bonchev–Trinajstić information content (AvgIpc) is 3.00. The van der Waals surface area contributed by atoms with E-state index in [0.717, 1.165) is 12.8 Å². The Hall–Kier alpha value is -2.23. The van der Waals surface area contributed by atoms with Crippen LogP contribution >= 0.6 is 24.0 Å². The second-order valence-corrected chi connectivity index (χ2v) is 8.37. The number of thioether (sulfide) groups is 1. The fourth-order valence-corrected chi connectivity index (χ4v) is 4.41. The van der Waals surface area contributed by atoms with Crippen molar-refractivity contribution in [3.63, 3.8) is 0 Å². The summed E-state index contributed by atoms with van der Waals surface area (Å²) >= 11 is 6.61. The molecule has 0 aliphatic carbocycles. The van der Waals surface area contributed by atoms with Crippen molar-refractivity contribution >= 4 is 51.7 Å². The predicted molar refractivity (Wildman–Crippen MR) is 121 cm³/mol. The zero-order valence-corrected chi connectivity index (χ0v) is 18.3. The van der Waals surface area contributed by atoms with Crippen molar-refractivity contribution in [2.24, 2.45) is 0 Å². The van der Waals surface area contributed by atoms with Crippen LogP contribution in [0.5, 0.6) is 0 Å². The molecule has 1 aliphatic heterocycles. The Balaban J connectivity index is 2.04. The summed E-state index contributed by atoms with van der Waals surface area (Å²) in [4.78, 5) is 32.7. The highest BCUT2D eigenvalue weighted by molar-refractivity contribution is 8.26. The fraction of sp³-hybridized carbons (Fsp3) is 0.400. The van der Waals surface area contributed by atoms with Gasteiger partial charge in [-0.05, 0) is 38.0 Å². The number of pyridine rings is 1. The van der Waals surface area contributed by atoms with Gasteiger partial charge in [-0.2, -0.15) is 0 Å². The molecule has 29 heavy (non-hydrogen) atoms. The molecule has 0 saturated carbocycles. The van der Waals surface area contributed by atoms with Gasteiger partial charge in [0.1, 0.15) is 15.8 Å². The van der Waals surface area contributed by atoms with Gasteiger partial charge in [0.2, 0.25) is 0 Å². The summed E-state index contributed by atoms with van der Waals surface area (Å²) in [5.41, 5.74) is 0.644. The number of anilines is 1. The number of methoxy groups -OCH3 is 1. The molecule has 1 aliphatic rings. The minimum atomic E-state index is -0.237. The summed E-state index contributed by atoms with van der Waals surface area (Å²) in [6, 6.07) is 5.38. The molecule has 2 aromatic heterocycles. The monoisotopic (exact) mass is 432 g/mol. The number of rotatable bonds is 8. The van der Waals surface area contributed by atoms with E-state index in [2.05, 4.69) is 10.3 Å². The smallest absolute Gasteiger partial charge is 0.267 e. The van der Waals surface area contributed by atoms with Crippen LogP contribution in [0.25, 0.3) is 11.7 Å². The number of carbonyl (C=O) groups is 1. The minimum Gasteiger partial charge on any atom is -0.385 e. The maximum Gasteiger partial charge on any atom is 0.267 e. The van der Waals surface area contributed by atoms with Gasteiger partial charge in [-0.25, -0.2) is 4.98 Å². The van der Waals surface area contributed by atoms with E-state index in [9.17, 15) is 9.59 Å². The van der Waals surface area contributed by atoms with Gasteiger partial charge in [0.25, 0.3) is 11.5 Å². The van der Waals surface area contributed by atoms with Crippen molar-refractivity contribution in [2.45, 2.75) is 32.7 Å². The standard InChI is InChI=1S/C20H24N4O3S2/c1-4-13(2)24-19(26)15(29-20(24)28)12-14-17(21-9-7-11-27-3)22-16-8-5-6-10-23(16)18(14)25/h5-6,8,10,12-13,21H,4,7,9,11H2,1-3H3/b15-12-/t13-/m1/s1. The van der Waals surface area contributed by atoms with E-state index in [1.807, 2.05) is 19.9 Å². The lowest BCUT2D eigenvalue weighted by molar-refractivity contribution is -0.123. The summed E-state index contributed by atoms with van der Waals surface area (Å²) in [7, 11) is 1.64. The van der Waals surface area contributed by atoms with Gasteiger partial charge >= 0.3 is 0 Å². The lowest BCUT2D eigenvalue weighted by Gasteiger charge is -2.21. The van der Waals surface area contributed by atoms with E-state index < -0.39 is 0 Å². The van der Waals surface area contributed by atoms with E-state index >= 15 is 0 Å². The van der Waals surface area contributed by atoms with Crippen molar-refractivity contribution in [2.75, 3.05) is 25.6 Å². The number of thiocarbonyl (C=S) groups is 1. The van der Waals surface area contributed by atoms with E-state index in [4.69, 9.17) is 17.0 Å². The van der Waals surface area contributed by atoms with Crippen LogP contribution in [0.2, 0.25) is 0 Å². The Morgan fingerprint density at radius 2 is 2.17 bits per heavy atom. The Morgan fingerprint density at radius 3 is 2.90 bits per heavy atom. The number of carbonyl (C=O) groups excluding carboxylic acids is 1. The Bertz CT molecular complexity index is 1020. The van der Waals surface area contributed by atoms with Crippen LogP contribution in [-0.2, 0) is 9.53 Å². The zero-order chi connectivity index (χ0) is 21.0. The van der Waals surface area contributed by atoms with Crippen molar-refractivity contribution in [3.8, 4) is 0 Å². The van der Waals surface area contributed by atoms with Crippen LogP contribution in [0.15, 0.2) is 34.1 Å². The van der Waals surface area contributed by atoms with Gasteiger partial charge in [-0.1, -0.05) is 37.0 Å². The molecule has 0 spiro atoms. The Morgan fingerprint density at radius 1 is 1.38 bits per heavy atom. The first-order valence-corrected chi connectivity index (χ1v) is 10.7. The molecule has 0 bridgehead atoms. The molecule has 154 valence electrons. The number of aromatic nitrogens is 2. The second kappa shape index (κ2) is 9.51. The highest BCUT2D eigenvalue weighted by Gasteiger charge is 2.35. The lowest BCUT2D eigenvalue weighted by atomic mass is 10.2. The van der Waals surface area contributed by atoms with Gasteiger partial charge in [0.05, 0.1) is 10.5 Å². The molecular formula is C20H24N4O3S2. The van der Waals surface area contributed by atoms with Crippen molar-refractivity contribution in [1.29, 1.82) is 0 Å². The first-order valence-electron chi connectivity index (χ1n) is 9.49. The summed E-state index contributed by atoms with van der Waals surface area (Å²) in [5.74, 6) is 0.281. The molecule has 2 aromatic rings. The molecule has 9 heteroatoms. The molecular weight excluding hydrogens is 408 g/mol. The molecule has 0 radical (unpaired) electrons. The summed E-state index contributed by atoms with van der Waals surface area (Å²) in [5, 5.41) is 3.21. The van der Waals surface area contributed by atoms with Gasteiger partial charge < -0.3 is 10.1 Å². The molecule has 0 aromatic carbocycles. The molecule has 3 heterocycles. The van der Waals surface area contributed by atoms with Gasteiger partial charge in [-0.3, -0.25) is 18.9 Å². The van der Waals surface area contributed by atoms with Crippen LogP contribution in [0.4, 0.5) is 5.82 Å². The first-order chi connectivity index (χ1) is 14.0. The normalized spacial score (nSPS) is 16.8. The van der Waals surface area contributed by atoms with Crippen LogP contribution in [-0.4, -0.2) is 50.8 Å². The van der Waals surface area contributed by atoms with E-state index in [-0.39, 0.29) is 17.5 Å². The summed E-state index contributed by atoms with van der Waals surface area (Å²) < 4.78 is 7.06. The molecule has 1 fully saturated rings. The van der Waals surface area contributed by atoms with E-state index in [1.165, 1.54) is 16.2 Å². The topological polar surface area (TPSA) is 75.9 Å². The SMILES string of the molecule is CC[C@@H](C)N1C(=O)/C(=C/c2c(NCCCOC)nc3ccccn3c2=O)SC1=S. The number of amides is 1. The van der Waals surface area contributed by atoms with E-state index in [0.29, 0.717) is 39.4 Å². The largest absolute Gasteiger partial charge is 0.385 e. The van der Waals surface area contributed by atoms with Gasteiger partial charge in [0.15, 0.2) is 0 Å². The molecule has 1 saturated heterocycles. The first kappa shape index (κ1) is 21.5. The van der Waals surface area contributed by atoms with Crippen LogP contribution in [0.3, 0.4) is 0 Å². The molecule has 7 nitrogen and oxygen atoms in total. The van der Waals surface area contributed by atoms with Crippen molar-refractivity contribution in [1.82, 2.24) is 14.3 Å². The molecule has 1 atom stereocenters. The van der Waals surface area contributed by atoms with Crippen LogP contribution < -0.4 is 10.9 Å². The highest BCUT2D eigenvalue weighted by atomic mass is 32.2. The maximum absolute atomic E-state index is 13.1. The Kier molecular flexibility index (Phi) is 7.05. The molecule has 1 N–H and O–H groups in total. The highest BCUT2D eigenvalue weighted by Crippen LogP contribution is 2.34. The lowest BCUT2D eigenvalue weighted by Crippen LogP contribution is -2.36. The second-order valence-electron chi connectivity index (χ2n) is 6.69. The third-order valence-electron chi connectivity index (χ3n) is 4.72. The third kappa shape index (κ3) is 4.52. The number of ether oxygens (including phenoxy) is 1. The average molecular weight is 433 g/mol. The van der Waals surface area contributed by atoms with Crippen LogP contribution in [0, 0.1) is 0 Å². The summed E-state index contributed by atoms with van der Waals surface area (Å²) in [6.45, 7) is 5.16. The summed E-state index contributed by atoms with van der Waals surface area (Å²) in [6.07, 6.45) is 4.84. The quantitative estimate of drug-likeness (QED) is 0.390. The number of nitrogens with zero attached hydrogens (tertiary/aromatic N) is 3. The van der Waals surface area contributed by atoms with Crippen molar-refractivity contribution in [3.05, 3.63) is 45.2 Å². The zero-order valence-electron chi connectivity index (χ0n) is 16.7. The van der Waals surface area contributed by atoms with Crippen molar-refractivity contribution < 1.29 is 9.53 Å². The van der Waals surface area contributed by atoms with Gasteiger partial charge in [-0.15, -0.1) is 0 Å². The van der Waals surface area contributed by atoms with Crippen LogP contribution in [0.1, 0.15) is 32.3 Å². The number of hydrogen-bond acceptors (Lipinski definition) is 7. The number of nitrogens with one attached hydrogen (secondary N) is 1. The molecule has 1 amide bonds. The molecule has 0 unspecified atom stereocenters. The Labute approximate surface area is 179 Å². The maximum atomic E-state index is 13.1. The third-order valence-corrected chi connectivity index (χ3v) is 6.05. The fourth-order valence-electron chi connectivity index (χ4n) is 2.96. The van der Waals surface area contributed by atoms with Gasteiger partial charge in [0, 0.05) is 32.5 Å².